The summed E-state index contributed by atoms with van der Waals surface area (Å²) in [6, 6.07) is 11.9. The van der Waals surface area contributed by atoms with Gasteiger partial charge in [0.1, 0.15) is 17.2 Å². The van der Waals surface area contributed by atoms with E-state index >= 15 is 0 Å². The molecule has 0 unspecified atom stereocenters. The second-order valence-electron chi connectivity index (χ2n) is 5.42. The summed E-state index contributed by atoms with van der Waals surface area (Å²) in [5, 5.41) is 9.34. The summed E-state index contributed by atoms with van der Waals surface area (Å²) in [7, 11) is 1.58. The fraction of sp³-hybridized carbons (Fsp3) is 0.222. The molecule has 0 radical (unpaired) electrons. The number of thiophene rings is 1. The van der Waals surface area contributed by atoms with Crippen molar-refractivity contribution in [3.63, 3.8) is 0 Å². The number of hydrogen-bond donors (Lipinski definition) is 1. The maximum atomic E-state index is 13.1. The maximum Gasteiger partial charge on any atom is 0.269 e. The van der Waals surface area contributed by atoms with E-state index in [9.17, 15) is 9.18 Å². The van der Waals surface area contributed by atoms with Crippen molar-refractivity contribution in [2.75, 3.05) is 20.3 Å². The van der Waals surface area contributed by atoms with E-state index in [4.69, 9.17) is 4.74 Å². The molecule has 2 heterocycles. The maximum absolute atomic E-state index is 13.1. The molecule has 2 aromatic heterocycles. The van der Waals surface area contributed by atoms with Crippen molar-refractivity contribution in [1.82, 2.24) is 15.1 Å². The van der Waals surface area contributed by atoms with Crippen LogP contribution in [0.2, 0.25) is 0 Å². The van der Waals surface area contributed by atoms with Crippen molar-refractivity contribution >= 4 is 17.2 Å². The topological polar surface area (TPSA) is 56.1 Å². The number of ether oxygens (including phenoxy) is 1. The fourth-order valence-corrected chi connectivity index (χ4v) is 3.07. The minimum atomic E-state index is -0.291. The van der Waals surface area contributed by atoms with E-state index in [1.54, 1.807) is 41.3 Å². The van der Waals surface area contributed by atoms with E-state index in [0.29, 0.717) is 25.4 Å². The van der Waals surface area contributed by atoms with Gasteiger partial charge in [-0.05, 0) is 35.2 Å². The predicted octanol–water partition coefficient (Wildman–Crippen LogP) is 3.18. The Balaban J connectivity index is 1.88. The Bertz CT molecular complexity index is 829. The molecule has 1 aromatic carbocycles. The Labute approximate surface area is 149 Å². The van der Waals surface area contributed by atoms with Crippen LogP contribution in [0.25, 0.3) is 10.6 Å². The van der Waals surface area contributed by atoms with Crippen LogP contribution in [0.3, 0.4) is 0 Å². The first-order valence-corrected chi connectivity index (χ1v) is 8.68. The van der Waals surface area contributed by atoms with E-state index in [1.165, 1.54) is 12.1 Å². The summed E-state index contributed by atoms with van der Waals surface area (Å²) in [6.45, 7) is 1.25. The molecule has 3 aromatic rings. The summed E-state index contributed by atoms with van der Waals surface area (Å²) in [5.74, 6) is -0.504. The Kier molecular flexibility index (Phi) is 5.57. The number of carbonyl (C=O) groups is 1. The first-order valence-electron chi connectivity index (χ1n) is 7.80. The lowest BCUT2D eigenvalue weighted by Crippen LogP contribution is -2.29. The summed E-state index contributed by atoms with van der Waals surface area (Å²) >= 11 is 1.56. The molecule has 7 heteroatoms. The summed E-state index contributed by atoms with van der Waals surface area (Å²) in [5.41, 5.74) is 2.08. The van der Waals surface area contributed by atoms with Crippen LogP contribution in [0.5, 0.6) is 0 Å². The van der Waals surface area contributed by atoms with Crippen LogP contribution in [-0.2, 0) is 11.3 Å². The van der Waals surface area contributed by atoms with Crippen LogP contribution in [0.1, 0.15) is 16.1 Å². The Morgan fingerprint density at radius 2 is 2.12 bits per heavy atom. The standard InChI is InChI=1S/C18H18FN3O2S/c1-24-9-8-20-18(23)16-11-15(17-3-2-10-25-17)21-22(16)12-13-4-6-14(19)7-5-13/h2-7,10-11H,8-9,12H2,1H3,(H,20,23). The lowest BCUT2D eigenvalue weighted by molar-refractivity contribution is 0.0927. The Hall–Kier alpha value is -2.51. The van der Waals surface area contributed by atoms with Gasteiger partial charge in [-0.25, -0.2) is 4.39 Å². The zero-order valence-electron chi connectivity index (χ0n) is 13.7. The van der Waals surface area contributed by atoms with E-state index in [-0.39, 0.29) is 11.7 Å². The van der Waals surface area contributed by atoms with Gasteiger partial charge in [-0.3, -0.25) is 9.48 Å². The molecule has 3 rings (SSSR count). The fourth-order valence-electron chi connectivity index (χ4n) is 2.38. The molecule has 0 aliphatic rings. The second-order valence-corrected chi connectivity index (χ2v) is 6.37. The highest BCUT2D eigenvalue weighted by molar-refractivity contribution is 7.13. The van der Waals surface area contributed by atoms with Gasteiger partial charge in [0, 0.05) is 13.7 Å². The molecule has 0 fully saturated rings. The number of halogens is 1. The number of carbonyl (C=O) groups excluding carboxylic acids is 1. The quantitative estimate of drug-likeness (QED) is 0.659. The first-order chi connectivity index (χ1) is 12.2. The molecule has 130 valence electrons. The molecule has 0 saturated carbocycles. The largest absolute Gasteiger partial charge is 0.383 e. The smallest absolute Gasteiger partial charge is 0.269 e. The van der Waals surface area contributed by atoms with Gasteiger partial charge in [0.25, 0.3) is 5.91 Å². The van der Waals surface area contributed by atoms with Crippen molar-refractivity contribution in [2.45, 2.75) is 6.54 Å². The number of rotatable bonds is 7. The minimum absolute atomic E-state index is 0.213. The average molecular weight is 359 g/mol. The van der Waals surface area contributed by atoms with Gasteiger partial charge in [0.05, 0.1) is 18.0 Å². The highest BCUT2D eigenvalue weighted by Gasteiger charge is 2.17. The molecule has 0 bridgehead atoms. The summed E-state index contributed by atoms with van der Waals surface area (Å²) in [6.07, 6.45) is 0. The molecule has 1 N–H and O–H groups in total. The third-order valence-corrected chi connectivity index (χ3v) is 4.52. The van der Waals surface area contributed by atoms with Gasteiger partial charge >= 0.3 is 0 Å². The van der Waals surface area contributed by atoms with Crippen molar-refractivity contribution in [2.24, 2.45) is 0 Å². The number of methoxy groups -OCH3 is 1. The average Bonchev–Trinajstić information content (AvgIpc) is 3.26. The van der Waals surface area contributed by atoms with Crippen LogP contribution in [-0.4, -0.2) is 35.9 Å². The third-order valence-electron chi connectivity index (χ3n) is 3.62. The van der Waals surface area contributed by atoms with Crippen LogP contribution < -0.4 is 5.32 Å². The van der Waals surface area contributed by atoms with Gasteiger partial charge in [-0.15, -0.1) is 11.3 Å². The minimum Gasteiger partial charge on any atom is -0.383 e. The van der Waals surface area contributed by atoms with Gasteiger partial charge in [-0.2, -0.15) is 5.10 Å². The number of aromatic nitrogens is 2. The lowest BCUT2D eigenvalue weighted by Gasteiger charge is -2.08. The van der Waals surface area contributed by atoms with Gasteiger partial charge in [-0.1, -0.05) is 18.2 Å². The molecule has 0 saturated heterocycles. The van der Waals surface area contributed by atoms with E-state index < -0.39 is 0 Å². The van der Waals surface area contributed by atoms with E-state index in [2.05, 4.69) is 10.4 Å². The number of amides is 1. The molecule has 0 atom stereocenters. The Morgan fingerprint density at radius 1 is 1.32 bits per heavy atom. The van der Waals surface area contributed by atoms with Crippen LogP contribution >= 0.6 is 11.3 Å². The molecule has 0 aliphatic carbocycles. The highest BCUT2D eigenvalue weighted by Crippen LogP contribution is 2.24. The van der Waals surface area contributed by atoms with Crippen molar-refractivity contribution < 1.29 is 13.9 Å². The Morgan fingerprint density at radius 3 is 2.80 bits per heavy atom. The molecular formula is C18H18FN3O2S. The van der Waals surface area contributed by atoms with E-state index in [0.717, 1.165) is 16.1 Å². The normalized spacial score (nSPS) is 10.8. The zero-order chi connectivity index (χ0) is 17.6. The molecule has 1 amide bonds. The highest BCUT2D eigenvalue weighted by atomic mass is 32.1. The lowest BCUT2D eigenvalue weighted by atomic mass is 10.2. The van der Waals surface area contributed by atoms with Crippen LogP contribution in [0, 0.1) is 5.82 Å². The molecule has 25 heavy (non-hydrogen) atoms. The molecular weight excluding hydrogens is 341 g/mol. The monoisotopic (exact) mass is 359 g/mol. The van der Waals surface area contributed by atoms with E-state index in [1.807, 2.05) is 17.5 Å². The molecule has 5 nitrogen and oxygen atoms in total. The number of hydrogen-bond acceptors (Lipinski definition) is 4. The van der Waals surface area contributed by atoms with Gasteiger partial charge < -0.3 is 10.1 Å². The molecule has 0 aliphatic heterocycles. The number of nitrogens with zero attached hydrogens (tertiary/aromatic N) is 2. The first kappa shape index (κ1) is 17.3. The number of nitrogens with one attached hydrogen (secondary N) is 1. The van der Waals surface area contributed by atoms with Crippen molar-refractivity contribution in [3.8, 4) is 10.6 Å². The summed E-state index contributed by atoms with van der Waals surface area (Å²) < 4.78 is 19.7. The predicted molar refractivity (Wildman–Crippen MR) is 95.3 cm³/mol. The van der Waals surface area contributed by atoms with Crippen molar-refractivity contribution in [3.05, 3.63) is 64.9 Å². The summed E-state index contributed by atoms with van der Waals surface area (Å²) in [4.78, 5) is 13.5. The van der Waals surface area contributed by atoms with Gasteiger partial charge in [0.2, 0.25) is 0 Å². The second kappa shape index (κ2) is 8.04. The molecule has 0 spiro atoms. The zero-order valence-corrected chi connectivity index (χ0v) is 14.6. The third kappa shape index (κ3) is 4.32. The van der Waals surface area contributed by atoms with Crippen LogP contribution in [0.4, 0.5) is 4.39 Å². The van der Waals surface area contributed by atoms with Crippen LogP contribution in [0.15, 0.2) is 47.8 Å². The number of benzene rings is 1. The van der Waals surface area contributed by atoms with Gasteiger partial charge in [0.15, 0.2) is 0 Å². The van der Waals surface area contributed by atoms with Crippen molar-refractivity contribution in [1.29, 1.82) is 0 Å². The SMILES string of the molecule is COCCNC(=O)c1cc(-c2cccs2)nn1Cc1ccc(F)cc1.